The molecule has 0 fully saturated rings. The van der Waals surface area contributed by atoms with Crippen molar-refractivity contribution in [2.45, 2.75) is 33.3 Å². The number of ether oxygens (including phenoxy) is 3. The van der Waals surface area contributed by atoms with Crippen molar-refractivity contribution in [3.63, 3.8) is 0 Å². The maximum Gasteiger partial charge on any atom is 0.338 e. The summed E-state index contributed by atoms with van der Waals surface area (Å²) in [6.45, 7) is 5.11. The molecule has 29 heavy (non-hydrogen) atoms. The van der Waals surface area contributed by atoms with Gasteiger partial charge in [-0.15, -0.1) is 6.42 Å². The van der Waals surface area contributed by atoms with Gasteiger partial charge >= 0.3 is 11.9 Å². The Bertz CT molecular complexity index is 909. The SMILES string of the molecule is C#CCOc1ccc2cc(C(=O)OCC(O)COC(=O)C(C)(C)CC)ccc2c1. The smallest absolute Gasteiger partial charge is 0.338 e. The minimum Gasteiger partial charge on any atom is -0.481 e. The average molecular weight is 398 g/mol. The van der Waals surface area contributed by atoms with E-state index in [2.05, 4.69) is 5.92 Å². The molecule has 0 aromatic heterocycles. The Morgan fingerprint density at radius 1 is 1.10 bits per heavy atom. The van der Waals surface area contributed by atoms with Crippen LogP contribution in [0.25, 0.3) is 10.8 Å². The Labute approximate surface area is 170 Å². The van der Waals surface area contributed by atoms with Crippen LogP contribution in [0.3, 0.4) is 0 Å². The Kier molecular flexibility index (Phi) is 7.63. The second-order valence-corrected chi connectivity index (χ2v) is 7.30. The Balaban J connectivity index is 1.90. The minimum absolute atomic E-state index is 0.184. The lowest BCUT2D eigenvalue weighted by Gasteiger charge is -2.21. The number of aliphatic hydroxyl groups excluding tert-OH is 1. The largest absolute Gasteiger partial charge is 0.481 e. The number of benzene rings is 2. The normalized spacial score (nSPS) is 12.1. The molecule has 1 unspecified atom stereocenters. The zero-order valence-electron chi connectivity index (χ0n) is 16.9. The third-order valence-corrected chi connectivity index (χ3v) is 4.62. The maximum atomic E-state index is 12.3. The van der Waals surface area contributed by atoms with E-state index >= 15 is 0 Å². The fraction of sp³-hybridized carbons (Fsp3) is 0.391. The van der Waals surface area contributed by atoms with Crippen LogP contribution in [-0.2, 0) is 14.3 Å². The number of rotatable bonds is 9. The Morgan fingerprint density at radius 2 is 1.76 bits per heavy atom. The van der Waals surface area contributed by atoms with E-state index in [1.807, 2.05) is 19.1 Å². The van der Waals surface area contributed by atoms with Gasteiger partial charge in [0.2, 0.25) is 0 Å². The molecule has 2 aromatic carbocycles. The van der Waals surface area contributed by atoms with Gasteiger partial charge in [0.05, 0.1) is 11.0 Å². The molecule has 0 spiro atoms. The van der Waals surface area contributed by atoms with Gasteiger partial charge in [0.25, 0.3) is 0 Å². The summed E-state index contributed by atoms with van der Waals surface area (Å²) in [5.74, 6) is 2.08. The first kappa shape index (κ1) is 22.3. The highest BCUT2D eigenvalue weighted by Crippen LogP contribution is 2.23. The quantitative estimate of drug-likeness (QED) is 0.515. The first-order valence-corrected chi connectivity index (χ1v) is 9.39. The standard InChI is InChI=1S/C23H26O6/c1-5-11-27-20-10-9-16-12-18(8-7-17(16)13-20)21(25)28-14-19(24)15-29-22(26)23(3,4)6-2/h1,7-10,12-13,19,24H,6,11,14-15H2,2-4H3. The lowest BCUT2D eigenvalue weighted by atomic mass is 9.91. The first-order valence-electron chi connectivity index (χ1n) is 9.39. The molecular formula is C23H26O6. The average Bonchev–Trinajstić information content (AvgIpc) is 2.73. The minimum atomic E-state index is -1.09. The van der Waals surface area contributed by atoms with E-state index in [0.717, 1.165) is 10.8 Å². The lowest BCUT2D eigenvalue weighted by Crippen LogP contribution is -2.31. The van der Waals surface area contributed by atoms with Crippen molar-refractivity contribution in [1.29, 1.82) is 0 Å². The number of esters is 2. The van der Waals surface area contributed by atoms with Crippen molar-refractivity contribution in [2.24, 2.45) is 5.41 Å². The third kappa shape index (κ3) is 6.23. The van der Waals surface area contributed by atoms with Gasteiger partial charge in [-0.25, -0.2) is 4.79 Å². The van der Waals surface area contributed by atoms with Crippen LogP contribution in [0.2, 0.25) is 0 Å². The molecule has 2 aromatic rings. The topological polar surface area (TPSA) is 82.1 Å². The predicted molar refractivity (Wildman–Crippen MR) is 110 cm³/mol. The van der Waals surface area contributed by atoms with Crippen LogP contribution in [0.5, 0.6) is 5.75 Å². The summed E-state index contributed by atoms with van der Waals surface area (Å²) in [6.07, 6.45) is 4.71. The van der Waals surface area contributed by atoms with Crippen LogP contribution < -0.4 is 4.74 Å². The first-order chi connectivity index (χ1) is 13.8. The highest BCUT2D eigenvalue weighted by molar-refractivity contribution is 5.95. The van der Waals surface area contributed by atoms with Crippen LogP contribution in [0.15, 0.2) is 36.4 Å². The van der Waals surface area contributed by atoms with Gasteiger partial charge in [0, 0.05) is 0 Å². The molecule has 0 bridgehead atoms. The number of aliphatic hydroxyl groups is 1. The van der Waals surface area contributed by atoms with Gasteiger partial charge in [-0.1, -0.05) is 25.0 Å². The highest BCUT2D eigenvalue weighted by Gasteiger charge is 2.27. The van der Waals surface area contributed by atoms with Crippen LogP contribution in [0, 0.1) is 17.8 Å². The summed E-state index contributed by atoms with van der Waals surface area (Å²) in [6, 6.07) is 10.5. The van der Waals surface area contributed by atoms with Crippen molar-refractivity contribution in [2.75, 3.05) is 19.8 Å². The molecular weight excluding hydrogens is 372 g/mol. The highest BCUT2D eigenvalue weighted by atomic mass is 16.6. The zero-order chi connectivity index (χ0) is 21.4. The van der Waals surface area contributed by atoms with E-state index in [-0.39, 0.29) is 19.8 Å². The molecule has 154 valence electrons. The number of carbonyl (C=O) groups excluding carboxylic acids is 2. The van der Waals surface area contributed by atoms with Crippen LogP contribution >= 0.6 is 0 Å². The fourth-order valence-electron chi connectivity index (χ4n) is 2.38. The monoisotopic (exact) mass is 398 g/mol. The van der Waals surface area contributed by atoms with E-state index in [1.54, 1.807) is 38.1 Å². The second kappa shape index (κ2) is 9.94. The van der Waals surface area contributed by atoms with Gasteiger partial charge in [-0.05, 0) is 55.3 Å². The van der Waals surface area contributed by atoms with Gasteiger partial charge in [0.1, 0.15) is 31.7 Å². The molecule has 0 saturated carbocycles. The third-order valence-electron chi connectivity index (χ3n) is 4.62. The maximum absolute atomic E-state index is 12.3. The molecule has 6 nitrogen and oxygen atoms in total. The van der Waals surface area contributed by atoms with Gasteiger partial charge in [-0.3, -0.25) is 4.79 Å². The van der Waals surface area contributed by atoms with E-state index in [4.69, 9.17) is 20.6 Å². The van der Waals surface area contributed by atoms with Crippen LogP contribution in [0.1, 0.15) is 37.6 Å². The molecule has 0 aliphatic rings. The van der Waals surface area contributed by atoms with E-state index in [0.29, 0.717) is 17.7 Å². The van der Waals surface area contributed by atoms with E-state index < -0.39 is 23.5 Å². The second-order valence-electron chi connectivity index (χ2n) is 7.30. The number of hydrogen-bond donors (Lipinski definition) is 1. The number of carbonyl (C=O) groups is 2. The van der Waals surface area contributed by atoms with E-state index in [1.165, 1.54) is 0 Å². The molecule has 1 atom stereocenters. The van der Waals surface area contributed by atoms with Crippen molar-refractivity contribution in [3.8, 4) is 18.1 Å². The summed E-state index contributed by atoms with van der Waals surface area (Å²) in [5.41, 5.74) is -0.265. The number of fused-ring (bicyclic) bond motifs is 1. The molecule has 6 heteroatoms. The molecule has 0 aliphatic carbocycles. The number of hydrogen-bond acceptors (Lipinski definition) is 6. The molecule has 2 rings (SSSR count). The molecule has 0 saturated heterocycles. The van der Waals surface area contributed by atoms with Gasteiger partial charge < -0.3 is 19.3 Å². The molecule has 0 radical (unpaired) electrons. The van der Waals surface area contributed by atoms with E-state index in [9.17, 15) is 14.7 Å². The van der Waals surface area contributed by atoms with Gasteiger partial charge in [-0.2, -0.15) is 0 Å². The summed E-state index contributed by atoms with van der Waals surface area (Å²) < 4.78 is 15.6. The molecule has 0 amide bonds. The van der Waals surface area contributed by atoms with Crippen molar-refractivity contribution in [3.05, 3.63) is 42.0 Å². The van der Waals surface area contributed by atoms with Crippen LogP contribution in [-0.4, -0.2) is 43.0 Å². The molecule has 0 heterocycles. The lowest BCUT2D eigenvalue weighted by molar-refractivity contribution is -0.157. The molecule has 0 aliphatic heterocycles. The van der Waals surface area contributed by atoms with Gasteiger partial charge in [0.15, 0.2) is 0 Å². The fourth-order valence-corrected chi connectivity index (χ4v) is 2.38. The Hall–Kier alpha value is -3.04. The number of terminal acetylenes is 1. The molecule has 1 N–H and O–H groups in total. The predicted octanol–water partition coefficient (Wildman–Crippen LogP) is 3.35. The summed E-state index contributed by atoms with van der Waals surface area (Å²) >= 11 is 0. The summed E-state index contributed by atoms with van der Waals surface area (Å²) in [5, 5.41) is 11.7. The Morgan fingerprint density at radius 3 is 2.45 bits per heavy atom. The zero-order valence-corrected chi connectivity index (χ0v) is 16.9. The summed E-state index contributed by atoms with van der Waals surface area (Å²) in [7, 11) is 0. The van der Waals surface area contributed by atoms with Crippen molar-refractivity contribution >= 4 is 22.7 Å². The van der Waals surface area contributed by atoms with Crippen LogP contribution in [0.4, 0.5) is 0 Å². The van der Waals surface area contributed by atoms with Crippen molar-refractivity contribution < 1.29 is 28.9 Å². The summed E-state index contributed by atoms with van der Waals surface area (Å²) in [4.78, 5) is 24.2. The van der Waals surface area contributed by atoms with Crippen molar-refractivity contribution in [1.82, 2.24) is 0 Å².